The van der Waals surface area contributed by atoms with Crippen molar-refractivity contribution in [1.29, 1.82) is 0 Å². The fraction of sp³-hybridized carbons (Fsp3) is 0.500. The average molecular weight is 447 g/mol. The number of carbonyl (C=O) groups is 1. The summed E-state index contributed by atoms with van der Waals surface area (Å²) in [7, 11) is 0. The van der Waals surface area contributed by atoms with Gasteiger partial charge in [0.05, 0.1) is 23.5 Å². The Morgan fingerprint density at radius 3 is 2.67 bits per heavy atom. The van der Waals surface area contributed by atoms with Gasteiger partial charge in [0.15, 0.2) is 10.3 Å². The minimum atomic E-state index is -0.351. The molecule has 0 radical (unpaired) electrons. The first-order valence-electron chi connectivity index (χ1n) is 10.8. The molecule has 1 saturated carbocycles. The average Bonchev–Trinajstić information content (AvgIpc) is 3.25. The third-order valence-electron chi connectivity index (χ3n) is 5.25. The number of hydrogen-bond donors (Lipinski definition) is 0. The quantitative estimate of drug-likeness (QED) is 0.148. The van der Waals surface area contributed by atoms with Crippen LogP contribution in [0.15, 0.2) is 46.2 Å². The summed E-state index contributed by atoms with van der Waals surface area (Å²) < 4.78 is 17.4. The molecule has 0 atom stereocenters. The molecule has 162 valence electrons. The van der Waals surface area contributed by atoms with Crippen molar-refractivity contribution in [3.8, 4) is 5.75 Å². The summed E-state index contributed by atoms with van der Waals surface area (Å²) in [6.07, 6.45) is 11.4. The van der Waals surface area contributed by atoms with Crippen molar-refractivity contribution in [2.45, 2.75) is 67.9 Å². The summed E-state index contributed by atoms with van der Waals surface area (Å²) in [6.45, 7) is 4.50. The van der Waals surface area contributed by atoms with Crippen LogP contribution in [0, 0.1) is 4.71 Å². The Labute approximate surface area is 188 Å². The van der Waals surface area contributed by atoms with Gasteiger partial charge < -0.3 is 13.9 Å². The van der Waals surface area contributed by atoms with Gasteiger partial charge in [0.1, 0.15) is 5.75 Å². The second kappa shape index (κ2) is 12.2. The largest absolute Gasteiger partial charge is 0.493 e. The van der Waals surface area contributed by atoms with Gasteiger partial charge in [0.25, 0.3) is 0 Å². The van der Waals surface area contributed by atoms with Gasteiger partial charge in [-0.25, -0.2) is 4.79 Å². The van der Waals surface area contributed by atoms with Crippen LogP contribution in [0.5, 0.6) is 5.75 Å². The Hall–Kier alpha value is -1.79. The summed E-state index contributed by atoms with van der Waals surface area (Å²) in [5.41, 5.74) is 0.853. The molecule has 3 rings (SSSR count). The van der Waals surface area contributed by atoms with E-state index in [4.69, 9.17) is 26.1 Å². The number of thioether (sulfide) groups is 1. The van der Waals surface area contributed by atoms with Gasteiger partial charge in [-0.2, -0.15) is 0 Å². The first-order chi connectivity index (χ1) is 14.7. The van der Waals surface area contributed by atoms with Crippen molar-refractivity contribution in [1.82, 2.24) is 0 Å². The molecular formula is C24H30O4S2. The molecule has 6 heteroatoms. The van der Waals surface area contributed by atoms with E-state index in [0.717, 1.165) is 53.7 Å². The highest BCUT2D eigenvalue weighted by atomic mass is 32.2. The monoisotopic (exact) mass is 446 g/mol. The van der Waals surface area contributed by atoms with E-state index in [0.29, 0.717) is 23.2 Å². The van der Waals surface area contributed by atoms with Crippen molar-refractivity contribution < 1.29 is 18.7 Å². The van der Waals surface area contributed by atoms with Gasteiger partial charge >= 0.3 is 5.97 Å². The number of esters is 1. The predicted molar refractivity (Wildman–Crippen MR) is 125 cm³/mol. The van der Waals surface area contributed by atoms with E-state index >= 15 is 0 Å². The lowest BCUT2D eigenvalue weighted by Crippen LogP contribution is -2.02. The number of carbonyl (C=O) groups excluding carboxylic acids is 1. The maximum atomic E-state index is 11.0. The SMILES string of the molecule is C=CC(=O)OCCCCCCCOc1cc(=S)oc2c(SC3CCCC3)cccc12. The van der Waals surface area contributed by atoms with E-state index in [1.165, 1.54) is 31.8 Å². The Bertz CT molecular complexity index is 900. The molecule has 0 aliphatic heterocycles. The molecule has 1 aliphatic rings. The van der Waals surface area contributed by atoms with Crippen molar-refractivity contribution in [2.75, 3.05) is 13.2 Å². The molecule has 2 aromatic rings. The van der Waals surface area contributed by atoms with E-state index in [9.17, 15) is 4.79 Å². The Morgan fingerprint density at radius 1 is 1.17 bits per heavy atom. The minimum Gasteiger partial charge on any atom is -0.493 e. The zero-order valence-electron chi connectivity index (χ0n) is 17.4. The van der Waals surface area contributed by atoms with Gasteiger partial charge in [-0.3, -0.25) is 0 Å². The van der Waals surface area contributed by atoms with E-state index in [-0.39, 0.29) is 5.97 Å². The lowest BCUT2D eigenvalue weighted by atomic mass is 10.1. The molecule has 0 unspecified atom stereocenters. The number of unbranched alkanes of at least 4 members (excludes halogenated alkanes) is 4. The zero-order chi connectivity index (χ0) is 21.2. The van der Waals surface area contributed by atoms with E-state index in [1.54, 1.807) is 0 Å². The van der Waals surface area contributed by atoms with Crippen LogP contribution in [0.1, 0.15) is 57.8 Å². The second-order valence-corrected chi connectivity index (χ2v) is 9.32. The third kappa shape index (κ3) is 6.88. The van der Waals surface area contributed by atoms with Gasteiger partial charge in [-0.1, -0.05) is 44.7 Å². The van der Waals surface area contributed by atoms with Gasteiger partial charge in [0, 0.05) is 17.4 Å². The van der Waals surface area contributed by atoms with Crippen molar-refractivity contribution in [3.05, 3.63) is 41.6 Å². The van der Waals surface area contributed by atoms with Crippen LogP contribution >= 0.6 is 24.0 Å². The highest BCUT2D eigenvalue weighted by Gasteiger charge is 2.19. The molecule has 30 heavy (non-hydrogen) atoms. The second-order valence-electron chi connectivity index (χ2n) is 7.57. The van der Waals surface area contributed by atoms with Crippen LogP contribution in [0.4, 0.5) is 0 Å². The van der Waals surface area contributed by atoms with Crippen molar-refractivity contribution >= 4 is 40.9 Å². The summed E-state index contributed by atoms with van der Waals surface area (Å²) in [5, 5.41) is 1.67. The number of hydrogen-bond acceptors (Lipinski definition) is 6. The number of fused-ring (bicyclic) bond motifs is 1. The molecule has 1 heterocycles. The maximum Gasteiger partial charge on any atom is 0.330 e. The van der Waals surface area contributed by atoms with Crippen LogP contribution in [0.25, 0.3) is 11.0 Å². The van der Waals surface area contributed by atoms with Crippen LogP contribution < -0.4 is 4.74 Å². The smallest absolute Gasteiger partial charge is 0.330 e. The first-order valence-corrected chi connectivity index (χ1v) is 12.1. The lowest BCUT2D eigenvalue weighted by Gasteiger charge is -2.13. The number of para-hydroxylation sites is 1. The Kier molecular flexibility index (Phi) is 9.27. The molecule has 4 nitrogen and oxygen atoms in total. The molecule has 0 N–H and O–H groups in total. The Morgan fingerprint density at radius 2 is 1.90 bits per heavy atom. The summed E-state index contributed by atoms with van der Waals surface area (Å²) in [4.78, 5) is 12.1. The molecule has 0 bridgehead atoms. The summed E-state index contributed by atoms with van der Waals surface area (Å²) >= 11 is 7.27. The molecule has 1 aromatic carbocycles. The molecule has 0 spiro atoms. The van der Waals surface area contributed by atoms with Crippen LogP contribution in [-0.2, 0) is 9.53 Å². The predicted octanol–water partition coefficient (Wildman–Crippen LogP) is 7.26. The summed E-state index contributed by atoms with van der Waals surface area (Å²) in [5.74, 6) is 0.461. The molecule has 1 aliphatic carbocycles. The van der Waals surface area contributed by atoms with E-state index < -0.39 is 0 Å². The number of benzene rings is 1. The van der Waals surface area contributed by atoms with Crippen LogP contribution in [-0.4, -0.2) is 24.4 Å². The summed E-state index contributed by atoms with van der Waals surface area (Å²) in [6, 6.07) is 8.06. The van der Waals surface area contributed by atoms with Gasteiger partial charge in [-0.15, -0.1) is 11.8 Å². The molecule has 0 amide bonds. The van der Waals surface area contributed by atoms with Crippen LogP contribution in [0.2, 0.25) is 0 Å². The molecule has 0 saturated heterocycles. The molecule has 1 fully saturated rings. The third-order valence-corrected chi connectivity index (χ3v) is 6.83. The van der Waals surface area contributed by atoms with E-state index in [1.807, 2.05) is 23.9 Å². The molecule has 1 aromatic heterocycles. The first kappa shape index (κ1) is 22.9. The fourth-order valence-electron chi connectivity index (χ4n) is 3.68. The zero-order valence-corrected chi connectivity index (χ0v) is 19.0. The lowest BCUT2D eigenvalue weighted by molar-refractivity contribution is -0.137. The minimum absolute atomic E-state index is 0.351. The van der Waals surface area contributed by atoms with Gasteiger partial charge in [-0.05, 0) is 50.0 Å². The van der Waals surface area contributed by atoms with Crippen molar-refractivity contribution in [2.24, 2.45) is 0 Å². The van der Waals surface area contributed by atoms with Crippen molar-refractivity contribution in [3.63, 3.8) is 0 Å². The topological polar surface area (TPSA) is 48.7 Å². The molecular weight excluding hydrogens is 416 g/mol. The number of ether oxygens (including phenoxy) is 2. The van der Waals surface area contributed by atoms with Crippen LogP contribution in [0.3, 0.4) is 0 Å². The standard InChI is InChI=1S/C24H30O4S2/c1-2-22(25)27-16-9-5-3-4-8-15-26-20-17-23(29)28-24-19(20)13-10-14-21(24)30-18-11-6-7-12-18/h2,10,13-14,17-18H,1,3-9,11-12,15-16H2. The van der Waals surface area contributed by atoms with E-state index in [2.05, 4.69) is 18.7 Å². The maximum absolute atomic E-state index is 11.0. The Balaban J connectivity index is 1.48. The normalized spacial score (nSPS) is 14.1. The highest BCUT2D eigenvalue weighted by Crippen LogP contribution is 2.40. The number of rotatable bonds is 12. The van der Waals surface area contributed by atoms with Gasteiger partial charge in [0.2, 0.25) is 0 Å². The highest BCUT2D eigenvalue weighted by molar-refractivity contribution is 8.00. The fourth-order valence-corrected chi connectivity index (χ4v) is 5.21.